The molecule has 0 atom stereocenters. The molecule has 2 aliphatic heterocycles. The summed E-state index contributed by atoms with van der Waals surface area (Å²) in [4.78, 5) is 4.47. The highest BCUT2D eigenvalue weighted by molar-refractivity contribution is 6.01. The van der Waals surface area contributed by atoms with Crippen molar-refractivity contribution in [2.75, 3.05) is 0 Å². The molecule has 0 spiro atoms. The van der Waals surface area contributed by atoms with Crippen molar-refractivity contribution in [3.8, 4) is 0 Å². The molecule has 3 N–H and O–H groups in total. The van der Waals surface area contributed by atoms with Gasteiger partial charge in [-0.25, -0.2) is 4.99 Å². The topological polar surface area (TPSA) is 50.4 Å². The molecule has 0 bridgehead atoms. The van der Waals surface area contributed by atoms with Crippen LogP contribution in [0.3, 0.4) is 0 Å². The Morgan fingerprint density at radius 3 is 3.00 bits per heavy atom. The van der Waals surface area contributed by atoms with Crippen LogP contribution in [0.2, 0.25) is 0 Å². The number of hydrogen-bond acceptors (Lipinski definition) is 3. The second-order valence-corrected chi connectivity index (χ2v) is 4.43. The lowest BCUT2D eigenvalue weighted by molar-refractivity contribution is 0.859. The third-order valence-corrected chi connectivity index (χ3v) is 3.15. The first-order chi connectivity index (χ1) is 7.70. The molecular weight excluding hydrogens is 198 g/mol. The Hall–Kier alpha value is -1.51. The van der Waals surface area contributed by atoms with Gasteiger partial charge in [0.1, 0.15) is 5.84 Å². The van der Waals surface area contributed by atoms with Crippen molar-refractivity contribution in [1.29, 1.82) is 0 Å². The molecule has 0 saturated carbocycles. The van der Waals surface area contributed by atoms with E-state index < -0.39 is 0 Å². The van der Waals surface area contributed by atoms with Gasteiger partial charge < -0.3 is 11.1 Å². The van der Waals surface area contributed by atoms with Crippen molar-refractivity contribution in [2.24, 2.45) is 10.7 Å². The molecule has 0 aromatic rings. The second-order valence-electron chi connectivity index (χ2n) is 4.43. The van der Waals surface area contributed by atoms with Crippen molar-refractivity contribution >= 4 is 5.84 Å². The van der Waals surface area contributed by atoms with Crippen LogP contribution in [0.1, 0.15) is 39.5 Å². The Labute approximate surface area is 96.8 Å². The van der Waals surface area contributed by atoms with E-state index in [4.69, 9.17) is 5.73 Å². The van der Waals surface area contributed by atoms with Gasteiger partial charge in [-0.15, -0.1) is 0 Å². The van der Waals surface area contributed by atoms with Crippen LogP contribution in [-0.4, -0.2) is 5.84 Å². The fourth-order valence-corrected chi connectivity index (χ4v) is 1.95. The minimum atomic E-state index is 0.925. The largest absolute Gasteiger partial charge is 0.402 e. The van der Waals surface area contributed by atoms with Crippen LogP contribution in [0.25, 0.3) is 0 Å². The summed E-state index contributed by atoms with van der Waals surface area (Å²) in [6.45, 7) is 4.26. The first-order valence-electron chi connectivity index (χ1n) is 5.86. The van der Waals surface area contributed by atoms with E-state index in [9.17, 15) is 0 Å². The van der Waals surface area contributed by atoms with E-state index in [1.807, 2.05) is 6.20 Å². The highest BCUT2D eigenvalue weighted by Gasteiger charge is 2.17. The summed E-state index contributed by atoms with van der Waals surface area (Å²) in [5.74, 6) is 0.925. The molecule has 16 heavy (non-hydrogen) atoms. The molecule has 86 valence electrons. The van der Waals surface area contributed by atoms with Crippen molar-refractivity contribution in [2.45, 2.75) is 39.5 Å². The quantitative estimate of drug-likeness (QED) is 0.709. The van der Waals surface area contributed by atoms with E-state index in [0.29, 0.717) is 0 Å². The monoisotopic (exact) mass is 217 g/mol. The summed E-state index contributed by atoms with van der Waals surface area (Å²) in [7, 11) is 0. The molecule has 3 heteroatoms. The van der Waals surface area contributed by atoms with E-state index in [2.05, 4.69) is 30.4 Å². The van der Waals surface area contributed by atoms with Gasteiger partial charge in [-0.2, -0.15) is 0 Å². The van der Waals surface area contributed by atoms with Crippen LogP contribution < -0.4 is 11.1 Å². The van der Waals surface area contributed by atoms with Crippen molar-refractivity contribution in [3.05, 3.63) is 34.8 Å². The number of hydrogen-bond donors (Lipinski definition) is 2. The number of allylic oxidation sites excluding steroid dienone is 3. The van der Waals surface area contributed by atoms with Gasteiger partial charge >= 0.3 is 0 Å². The summed E-state index contributed by atoms with van der Waals surface area (Å²) in [5, 5.41) is 3.25. The van der Waals surface area contributed by atoms with Crippen LogP contribution in [0.4, 0.5) is 0 Å². The molecule has 2 heterocycles. The van der Waals surface area contributed by atoms with Gasteiger partial charge in [0.25, 0.3) is 0 Å². The number of rotatable bonds is 1. The molecule has 0 saturated heterocycles. The van der Waals surface area contributed by atoms with Crippen LogP contribution in [0.5, 0.6) is 0 Å². The summed E-state index contributed by atoms with van der Waals surface area (Å²) in [5.41, 5.74) is 11.0. The number of nitrogens with two attached hydrogens (primary N) is 1. The molecule has 3 nitrogen and oxygen atoms in total. The van der Waals surface area contributed by atoms with Crippen LogP contribution in [0, 0.1) is 0 Å². The van der Waals surface area contributed by atoms with E-state index in [1.165, 1.54) is 16.7 Å². The van der Waals surface area contributed by atoms with Gasteiger partial charge in [-0.3, -0.25) is 0 Å². The van der Waals surface area contributed by atoms with E-state index >= 15 is 0 Å². The molecule has 0 radical (unpaired) electrons. The fraction of sp³-hybridized carbons (Fsp3) is 0.462. The van der Waals surface area contributed by atoms with Crippen LogP contribution >= 0.6 is 0 Å². The normalized spacial score (nSPS) is 32.0. The summed E-state index contributed by atoms with van der Waals surface area (Å²) in [6, 6.07) is 0. The fourth-order valence-electron chi connectivity index (χ4n) is 1.95. The average Bonchev–Trinajstić information content (AvgIpc) is 2.31. The van der Waals surface area contributed by atoms with Gasteiger partial charge in [0, 0.05) is 30.1 Å². The summed E-state index contributed by atoms with van der Waals surface area (Å²) in [6.07, 6.45) is 7.96. The highest BCUT2D eigenvalue weighted by atomic mass is 15.0. The lowest BCUT2D eigenvalue weighted by Gasteiger charge is -2.22. The van der Waals surface area contributed by atoms with Crippen molar-refractivity contribution < 1.29 is 0 Å². The van der Waals surface area contributed by atoms with E-state index in [1.54, 1.807) is 0 Å². The molecule has 2 aliphatic rings. The maximum atomic E-state index is 6.14. The smallest absolute Gasteiger partial charge is 0.135 e. The van der Waals surface area contributed by atoms with Gasteiger partial charge in [0.2, 0.25) is 0 Å². The van der Waals surface area contributed by atoms with E-state index in [-0.39, 0.29) is 0 Å². The molecule has 0 fully saturated rings. The Balaban J connectivity index is 2.37. The maximum Gasteiger partial charge on any atom is 0.135 e. The molecule has 0 aliphatic carbocycles. The van der Waals surface area contributed by atoms with E-state index in [0.717, 1.165) is 37.2 Å². The molecule has 0 amide bonds. The standard InChI is InChI=1S/C13H19N3/c1-3-10-6-11-12(14)5-4-9(2)7-15-13(11)16-8-10/h7-8H,3-6,14H2,1-2H3,(H,15,16)/b9-7+,12-11+. The zero-order valence-corrected chi connectivity index (χ0v) is 10.0. The van der Waals surface area contributed by atoms with Gasteiger partial charge in [-0.1, -0.05) is 12.5 Å². The average molecular weight is 217 g/mol. The maximum absolute atomic E-state index is 6.14. The van der Waals surface area contributed by atoms with Crippen LogP contribution in [0.15, 0.2) is 39.8 Å². The third-order valence-electron chi connectivity index (χ3n) is 3.15. The van der Waals surface area contributed by atoms with Gasteiger partial charge in [-0.05, 0) is 31.8 Å². The summed E-state index contributed by atoms with van der Waals surface area (Å²) < 4.78 is 0. The van der Waals surface area contributed by atoms with Crippen molar-refractivity contribution in [1.82, 2.24) is 5.32 Å². The Morgan fingerprint density at radius 1 is 1.44 bits per heavy atom. The number of nitrogens with one attached hydrogen (secondary N) is 1. The van der Waals surface area contributed by atoms with Gasteiger partial charge in [0.15, 0.2) is 0 Å². The summed E-state index contributed by atoms with van der Waals surface area (Å²) >= 11 is 0. The number of aliphatic imine (C=N–C) groups is 1. The highest BCUT2D eigenvalue weighted by Crippen LogP contribution is 2.24. The molecule has 0 aromatic carbocycles. The minimum Gasteiger partial charge on any atom is -0.402 e. The zero-order chi connectivity index (χ0) is 11.5. The SMILES string of the molecule is CCC1=CNC2=N/C=C(\C)CC/C(N)=C\2C1. The Bertz CT molecular complexity index is 411. The minimum absolute atomic E-state index is 0.925. The molecule has 2 rings (SSSR count). The number of fused-ring (bicyclic) bond motifs is 1. The Morgan fingerprint density at radius 2 is 2.25 bits per heavy atom. The predicted octanol–water partition coefficient (Wildman–Crippen LogP) is 2.58. The van der Waals surface area contributed by atoms with Crippen molar-refractivity contribution in [3.63, 3.8) is 0 Å². The number of amidine groups is 1. The third kappa shape index (κ3) is 2.18. The van der Waals surface area contributed by atoms with Gasteiger partial charge in [0.05, 0.1) is 0 Å². The lowest BCUT2D eigenvalue weighted by Crippen LogP contribution is -2.28. The first kappa shape index (κ1) is 11.0. The molecule has 0 unspecified atom stereocenters. The lowest BCUT2D eigenvalue weighted by atomic mass is 9.95. The predicted molar refractivity (Wildman–Crippen MR) is 67.8 cm³/mol. The molecule has 0 aromatic heterocycles. The molecular formula is C13H19N3. The zero-order valence-electron chi connectivity index (χ0n) is 10.0. The first-order valence-corrected chi connectivity index (χ1v) is 5.86. The Kier molecular flexibility index (Phi) is 3.13. The van der Waals surface area contributed by atoms with Crippen LogP contribution in [-0.2, 0) is 0 Å². The second kappa shape index (κ2) is 4.56. The number of nitrogens with zero attached hydrogens (tertiary/aromatic N) is 1.